The van der Waals surface area contributed by atoms with E-state index in [2.05, 4.69) is 59.3 Å². The molecule has 8 nitrogen and oxygen atoms in total. The van der Waals surface area contributed by atoms with E-state index >= 15 is 0 Å². The second-order valence-electron chi connectivity index (χ2n) is 12.8. The number of para-hydroxylation sites is 1. The molecule has 4 heterocycles. The van der Waals surface area contributed by atoms with E-state index < -0.39 is 5.54 Å². The van der Waals surface area contributed by atoms with Gasteiger partial charge in [-0.25, -0.2) is 0 Å². The normalized spacial score (nSPS) is 22.4. The van der Waals surface area contributed by atoms with Gasteiger partial charge in [-0.15, -0.1) is 0 Å². The number of carbonyl (C=O) groups is 2. The molecule has 234 valence electrons. The van der Waals surface area contributed by atoms with Crippen molar-refractivity contribution in [3.63, 3.8) is 0 Å². The lowest BCUT2D eigenvalue weighted by atomic mass is 9.76. The number of H-pyrrole nitrogens is 1. The van der Waals surface area contributed by atoms with E-state index in [0.29, 0.717) is 24.7 Å². The zero-order chi connectivity index (χ0) is 31.1. The Morgan fingerprint density at radius 3 is 2.47 bits per heavy atom. The minimum Gasteiger partial charge on any atom is -0.493 e. The van der Waals surface area contributed by atoms with Crippen molar-refractivity contribution in [2.75, 3.05) is 39.9 Å². The maximum absolute atomic E-state index is 14.7. The number of hydrogen-bond acceptors (Lipinski definition) is 5. The van der Waals surface area contributed by atoms with Crippen LogP contribution in [0.4, 0.5) is 0 Å². The highest BCUT2D eigenvalue weighted by Gasteiger charge is 2.57. The second-order valence-corrected chi connectivity index (χ2v) is 12.8. The fraction of sp³-hybridized carbons (Fsp3) is 0.405. The molecule has 3 aliphatic heterocycles. The van der Waals surface area contributed by atoms with Gasteiger partial charge in [-0.1, -0.05) is 61.5 Å². The van der Waals surface area contributed by atoms with Crippen LogP contribution in [0.25, 0.3) is 10.9 Å². The number of aromatic nitrogens is 1. The molecule has 1 unspecified atom stereocenters. The SMILES string of the molecule is CCCOc1ccc(C2CN3C(=O)CN(C4CCN(Cc5ccccc5)CC4)C(=O)[C@]3(C)c3[nH]c4ccccc4c32)cc1OC. The Morgan fingerprint density at radius 1 is 0.956 bits per heavy atom. The average Bonchev–Trinajstić information content (AvgIpc) is 3.47. The molecule has 2 fully saturated rings. The molecule has 1 aromatic heterocycles. The van der Waals surface area contributed by atoms with Crippen molar-refractivity contribution < 1.29 is 19.1 Å². The van der Waals surface area contributed by atoms with E-state index in [0.717, 1.165) is 66.6 Å². The van der Waals surface area contributed by atoms with Gasteiger partial charge in [0.05, 0.1) is 19.4 Å². The maximum atomic E-state index is 14.7. The van der Waals surface area contributed by atoms with Gasteiger partial charge in [0.2, 0.25) is 5.91 Å². The van der Waals surface area contributed by atoms with Crippen molar-refractivity contribution in [1.29, 1.82) is 0 Å². The number of fused-ring (bicyclic) bond motifs is 5. The van der Waals surface area contributed by atoms with Crippen LogP contribution in [0.5, 0.6) is 11.5 Å². The Labute approximate surface area is 264 Å². The van der Waals surface area contributed by atoms with E-state index in [-0.39, 0.29) is 30.3 Å². The number of methoxy groups -OCH3 is 1. The lowest BCUT2D eigenvalue weighted by Gasteiger charge is -2.53. The first-order chi connectivity index (χ1) is 21.9. The number of benzene rings is 3. The summed E-state index contributed by atoms with van der Waals surface area (Å²) < 4.78 is 11.7. The molecule has 2 saturated heterocycles. The van der Waals surface area contributed by atoms with Crippen LogP contribution in [-0.2, 0) is 21.7 Å². The summed E-state index contributed by atoms with van der Waals surface area (Å²) in [4.78, 5) is 38.6. The molecule has 0 aliphatic carbocycles. The van der Waals surface area contributed by atoms with Gasteiger partial charge in [0.25, 0.3) is 5.91 Å². The fourth-order valence-corrected chi connectivity index (χ4v) is 7.69. The molecule has 8 heteroatoms. The minimum atomic E-state index is -1.12. The number of piperidine rings is 1. The van der Waals surface area contributed by atoms with Crippen LogP contribution in [0, 0.1) is 0 Å². The number of nitrogens with one attached hydrogen (secondary N) is 1. The van der Waals surface area contributed by atoms with Gasteiger partial charge in [0.1, 0.15) is 6.54 Å². The standard InChI is InChI=1S/C37H42N4O4/c1-4-20-45-31-15-14-26(21-32(31)44-3)29-23-41-33(42)24-40(27-16-18-39(19-17-27)22-25-10-6-5-7-11-25)36(43)37(41,2)35-34(29)28-12-8-9-13-30(28)38-35/h5-15,21,27,29,38H,4,16-20,22-24H2,1-3H3/t29?,37-/m0/s1. The smallest absolute Gasteiger partial charge is 0.255 e. The Morgan fingerprint density at radius 2 is 1.71 bits per heavy atom. The Hall–Kier alpha value is -4.30. The van der Waals surface area contributed by atoms with Gasteiger partial charge in [-0.05, 0) is 61.1 Å². The number of piperazine rings is 1. The summed E-state index contributed by atoms with van der Waals surface area (Å²) >= 11 is 0. The Balaban J connectivity index is 1.22. The van der Waals surface area contributed by atoms with E-state index in [4.69, 9.17) is 9.47 Å². The van der Waals surface area contributed by atoms with Crippen LogP contribution in [0.2, 0.25) is 0 Å². The van der Waals surface area contributed by atoms with Crippen LogP contribution in [0.1, 0.15) is 61.4 Å². The zero-order valence-electron chi connectivity index (χ0n) is 26.4. The third kappa shape index (κ3) is 5.05. The summed E-state index contributed by atoms with van der Waals surface area (Å²) in [5, 5.41) is 1.08. The van der Waals surface area contributed by atoms with E-state index in [1.807, 2.05) is 47.1 Å². The van der Waals surface area contributed by atoms with Crippen molar-refractivity contribution in [3.8, 4) is 11.5 Å². The van der Waals surface area contributed by atoms with E-state index in [9.17, 15) is 9.59 Å². The Kier molecular flexibility index (Phi) is 7.78. The van der Waals surface area contributed by atoms with Crippen molar-refractivity contribution in [3.05, 3.63) is 95.2 Å². The molecule has 0 saturated carbocycles. The molecular weight excluding hydrogens is 564 g/mol. The molecule has 0 radical (unpaired) electrons. The van der Waals surface area contributed by atoms with E-state index in [1.54, 1.807) is 7.11 Å². The third-order valence-corrected chi connectivity index (χ3v) is 10.1. The number of hydrogen-bond donors (Lipinski definition) is 1. The topological polar surface area (TPSA) is 78.1 Å². The van der Waals surface area contributed by atoms with Crippen molar-refractivity contribution in [1.82, 2.24) is 19.7 Å². The molecule has 2 amide bonds. The summed E-state index contributed by atoms with van der Waals surface area (Å²) in [7, 11) is 1.65. The third-order valence-electron chi connectivity index (χ3n) is 10.1. The molecule has 1 N–H and O–H groups in total. The largest absolute Gasteiger partial charge is 0.493 e. The van der Waals surface area contributed by atoms with Crippen LogP contribution in [0.3, 0.4) is 0 Å². The minimum absolute atomic E-state index is 0.00649. The van der Waals surface area contributed by atoms with Gasteiger partial charge in [-0.3, -0.25) is 14.5 Å². The van der Waals surface area contributed by atoms with Gasteiger partial charge < -0.3 is 24.3 Å². The average molecular weight is 607 g/mol. The van der Waals surface area contributed by atoms with Gasteiger partial charge >= 0.3 is 0 Å². The predicted octanol–water partition coefficient (Wildman–Crippen LogP) is 5.66. The summed E-state index contributed by atoms with van der Waals surface area (Å²) in [6, 6.07) is 24.8. The first-order valence-corrected chi connectivity index (χ1v) is 16.2. The van der Waals surface area contributed by atoms with E-state index in [1.165, 1.54) is 5.56 Å². The predicted molar refractivity (Wildman–Crippen MR) is 174 cm³/mol. The highest BCUT2D eigenvalue weighted by molar-refractivity contribution is 6.01. The zero-order valence-corrected chi connectivity index (χ0v) is 26.4. The van der Waals surface area contributed by atoms with Crippen LogP contribution >= 0.6 is 0 Å². The number of likely N-dealkylation sites (tertiary alicyclic amines) is 1. The number of amides is 2. The first-order valence-electron chi connectivity index (χ1n) is 16.2. The summed E-state index contributed by atoms with van der Waals surface area (Å²) in [5.74, 6) is 1.24. The quantitative estimate of drug-likeness (QED) is 0.280. The lowest BCUT2D eigenvalue weighted by Crippen LogP contribution is -2.69. The van der Waals surface area contributed by atoms with Crippen LogP contribution < -0.4 is 9.47 Å². The molecule has 3 aliphatic rings. The highest BCUT2D eigenvalue weighted by atomic mass is 16.5. The van der Waals surface area contributed by atoms with Gasteiger partial charge in [0, 0.05) is 49.0 Å². The maximum Gasteiger partial charge on any atom is 0.255 e. The number of rotatable bonds is 8. The number of carbonyl (C=O) groups excluding carboxylic acids is 2. The fourth-order valence-electron chi connectivity index (χ4n) is 7.69. The number of nitrogens with zero attached hydrogens (tertiary/aromatic N) is 3. The summed E-state index contributed by atoms with van der Waals surface area (Å²) in [6.07, 6.45) is 2.62. The van der Waals surface area contributed by atoms with Gasteiger partial charge in [0.15, 0.2) is 17.0 Å². The molecular formula is C37H42N4O4. The van der Waals surface area contributed by atoms with Crippen LogP contribution in [0.15, 0.2) is 72.8 Å². The van der Waals surface area contributed by atoms with Crippen LogP contribution in [-0.4, -0.2) is 77.4 Å². The molecule has 0 bridgehead atoms. The first kappa shape index (κ1) is 29.4. The molecule has 2 atom stereocenters. The van der Waals surface area contributed by atoms with Crippen molar-refractivity contribution in [2.24, 2.45) is 0 Å². The molecule has 7 rings (SSSR count). The van der Waals surface area contributed by atoms with Crippen molar-refractivity contribution in [2.45, 2.75) is 57.2 Å². The highest BCUT2D eigenvalue weighted by Crippen LogP contribution is 2.49. The number of aromatic amines is 1. The molecule has 4 aromatic rings. The molecule has 0 spiro atoms. The Bertz CT molecular complexity index is 1710. The second kappa shape index (κ2) is 11.9. The molecule has 45 heavy (non-hydrogen) atoms. The van der Waals surface area contributed by atoms with Crippen molar-refractivity contribution >= 4 is 22.7 Å². The monoisotopic (exact) mass is 606 g/mol. The summed E-state index contributed by atoms with van der Waals surface area (Å²) in [5.41, 5.74) is 4.07. The van der Waals surface area contributed by atoms with Gasteiger partial charge in [-0.2, -0.15) is 0 Å². The molecule has 3 aromatic carbocycles. The number of ether oxygens (including phenoxy) is 2. The summed E-state index contributed by atoms with van der Waals surface area (Å²) in [6.45, 7) is 7.86. The lowest BCUT2D eigenvalue weighted by molar-refractivity contribution is -0.169.